The number of hydrogen-bond donors (Lipinski definition) is 2. The molecule has 1 atom stereocenters. The Kier molecular flexibility index (Phi) is 3.93. The van der Waals surface area contributed by atoms with Gasteiger partial charge in [-0.15, -0.1) is 0 Å². The van der Waals surface area contributed by atoms with Crippen LogP contribution in [0.15, 0.2) is 0 Å². The van der Waals surface area contributed by atoms with Gasteiger partial charge in [-0.25, -0.2) is 0 Å². The van der Waals surface area contributed by atoms with E-state index in [1.807, 2.05) is 0 Å². The first-order valence-electron chi connectivity index (χ1n) is 5.59. The maximum Gasteiger partial charge on any atom is 0.0446 e. The van der Waals surface area contributed by atoms with Crippen molar-refractivity contribution in [1.82, 2.24) is 10.2 Å². The molecule has 3 heteroatoms. The third-order valence-corrected chi connectivity index (χ3v) is 3.05. The minimum atomic E-state index is 0.201. The summed E-state index contributed by atoms with van der Waals surface area (Å²) < 4.78 is 0. The molecule has 1 fully saturated rings. The van der Waals surface area contributed by atoms with Crippen molar-refractivity contribution in [2.24, 2.45) is 0 Å². The Hall–Kier alpha value is -0.120. The van der Waals surface area contributed by atoms with Gasteiger partial charge in [0, 0.05) is 37.3 Å². The van der Waals surface area contributed by atoms with Crippen molar-refractivity contribution < 1.29 is 5.11 Å². The topological polar surface area (TPSA) is 35.5 Å². The van der Waals surface area contributed by atoms with Gasteiger partial charge in [0.05, 0.1) is 0 Å². The summed E-state index contributed by atoms with van der Waals surface area (Å²) >= 11 is 0. The average molecular weight is 200 g/mol. The zero-order valence-corrected chi connectivity index (χ0v) is 9.88. The van der Waals surface area contributed by atoms with Crippen LogP contribution in [0.1, 0.15) is 34.1 Å². The lowest BCUT2D eigenvalue weighted by Gasteiger charge is -2.50. The summed E-state index contributed by atoms with van der Waals surface area (Å²) in [6, 6.07) is 1.02. The molecule has 0 saturated carbocycles. The molecule has 1 saturated heterocycles. The lowest BCUT2D eigenvalue weighted by atomic mass is 9.93. The van der Waals surface area contributed by atoms with E-state index in [4.69, 9.17) is 5.11 Å². The SMILES string of the molecule is CC(C)N1C(CCO)CNCC1(C)C. The van der Waals surface area contributed by atoms with E-state index >= 15 is 0 Å². The lowest BCUT2D eigenvalue weighted by molar-refractivity contribution is -0.000562. The number of nitrogens with one attached hydrogen (secondary N) is 1. The molecule has 1 unspecified atom stereocenters. The van der Waals surface area contributed by atoms with Crippen molar-refractivity contribution >= 4 is 0 Å². The van der Waals surface area contributed by atoms with E-state index in [1.165, 1.54) is 0 Å². The summed E-state index contributed by atoms with van der Waals surface area (Å²) in [6.07, 6.45) is 0.870. The molecule has 0 bridgehead atoms. The Morgan fingerprint density at radius 2 is 2.14 bits per heavy atom. The molecule has 0 aromatic heterocycles. The highest BCUT2D eigenvalue weighted by molar-refractivity contribution is 4.95. The van der Waals surface area contributed by atoms with Gasteiger partial charge in [0.2, 0.25) is 0 Å². The zero-order chi connectivity index (χ0) is 10.8. The molecule has 1 rings (SSSR count). The Morgan fingerprint density at radius 1 is 1.50 bits per heavy atom. The molecule has 2 N–H and O–H groups in total. The molecule has 1 heterocycles. The number of hydrogen-bond acceptors (Lipinski definition) is 3. The molecule has 1 aliphatic heterocycles. The number of piperazine rings is 1. The Labute approximate surface area is 87.5 Å². The molecule has 0 aliphatic carbocycles. The van der Waals surface area contributed by atoms with E-state index in [9.17, 15) is 0 Å². The molecule has 0 aromatic carbocycles. The van der Waals surface area contributed by atoms with Crippen LogP contribution in [0.3, 0.4) is 0 Å². The molecule has 14 heavy (non-hydrogen) atoms. The highest BCUT2D eigenvalue weighted by atomic mass is 16.3. The van der Waals surface area contributed by atoms with Gasteiger partial charge in [-0.3, -0.25) is 4.90 Å². The van der Waals surface area contributed by atoms with Crippen LogP contribution in [0.5, 0.6) is 0 Å². The van der Waals surface area contributed by atoms with Crippen LogP contribution < -0.4 is 5.32 Å². The second-order valence-corrected chi connectivity index (χ2v) is 5.11. The number of rotatable bonds is 3. The lowest BCUT2D eigenvalue weighted by Crippen LogP contribution is -2.65. The predicted octanol–water partition coefficient (Wildman–Crippen LogP) is 0.830. The molecule has 84 valence electrons. The number of aliphatic hydroxyl groups is 1. The first-order chi connectivity index (χ1) is 6.49. The maximum absolute atomic E-state index is 9.03. The minimum Gasteiger partial charge on any atom is -0.396 e. The maximum atomic E-state index is 9.03. The summed E-state index contributed by atoms with van der Waals surface area (Å²) in [7, 11) is 0. The standard InChI is InChI=1S/C11H24N2O/c1-9(2)13-10(5-6-14)7-12-8-11(13,3)4/h9-10,12,14H,5-8H2,1-4H3. The van der Waals surface area contributed by atoms with Gasteiger partial charge in [0.25, 0.3) is 0 Å². The first-order valence-corrected chi connectivity index (χ1v) is 5.59. The fraction of sp³-hybridized carbons (Fsp3) is 1.00. The predicted molar refractivity (Wildman–Crippen MR) is 59.4 cm³/mol. The second-order valence-electron chi connectivity index (χ2n) is 5.11. The van der Waals surface area contributed by atoms with Crippen LogP contribution >= 0.6 is 0 Å². The quantitative estimate of drug-likeness (QED) is 0.708. The van der Waals surface area contributed by atoms with Crippen molar-refractivity contribution in [1.29, 1.82) is 0 Å². The van der Waals surface area contributed by atoms with Crippen LogP contribution in [0, 0.1) is 0 Å². The smallest absolute Gasteiger partial charge is 0.0446 e. The van der Waals surface area contributed by atoms with Crippen molar-refractivity contribution in [3.63, 3.8) is 0 Å². The van der Waals surface area contributed by atoms with Crippen LogP contribution in [0.25, 0.3) is 0 Å². The summed E-state index contributed by atoms with van der Waals surface area (Å²) in [6.45, 7) is 11.3. The van der Waals surface area contributed by atoms with Crippen molar-refractivity contribution in [2.75, 3.05) is 19.7 Å². The molecule has 1 aliphatic rings. The van der Waals surface area contributed by atoms with Crippen LogP contribution in [-0.4, -0.2) is 47.3 Å². The van der Waals surface area contributed by atoms with Crippen molar-refractivity contribution in [3.8, 4) is 0 Å². The molecule has 3 nitrogen and oxygen atoms in total. The van der Waals surface area contributed by atoms with Gasteiger partial charge in [0.1, 0.15) is 0 Å². The zero-order valence-electron chi connectivity index (χ0n) is 9.88. The van der Waals surface area contributed by atoms with Crippen LogP contribution in [0.2, 0.25) is 0 Å². The van der Waals surface area contributed by atoms with Crippen LogP contribution in [0.4, 0.5) is 0 Å². The van der Waals surface area contributed by atoms with Gasteiger partial charge in [-0.05, 0) is 34.1 Å². The molecule has 0 amide bonds. The first kappa shape index (κ1) is 12.0. The monoisotopic (exact) mass is 200 g/mol. The van der Waals surface area contributed by atoms with E-state index in [2.05, 4.69) is 37.9 Å². The summed E-state index contributed by atoms with van der Waals surface area (Å²) in [5, 5.41) is 12.5. The van der Waals surface area contributed by atoms with Crippen LogP contribution in [-0.2, 0) is 0 Å². The van der Waals surface area contributed by atoms with Gasteiger partial charge in [-0.2, -0.15) is 0 Å². The highest BCUT2D eigenvalue weighted by Crippen LogP contribution is 2.24. The summed E-state index contributed by atoms with van der Waals surface area (Å²) in [4.78, 5) is 2.53. The summed E-state index contributed by atoms with van der Waals surface area (Å²) in [5.41, 5.74) is 0.201. The number of aliphatic hydroxyl groups excluding tert-OH is 1. The molecule has 0 spiro atoms. The van der Waals surface area contributed by atoms with Gasteiger partial charge < -0.3 is 10.4 Å². The Balaban J connectivity index is 2.73. The molecule has 0 radical (unpaired) electrons. The Morgan fingerprint density at radius 3 is 2.64 bits per heavy atom. The van der Waals surface area contributed by atoms with Gasteiger partial charge in [0.15, 0.2) is 0 Å². The molecular weight excluding hydrogens is 176 g/mol. The average Bonchev–Trinajstić information content (AvgIpc) is 2.01. The fourth-order valence-electron chi connectivity index (χ4n) is 2.74. The number of nitrogens with zero attached hydrogens (tertiary/aromatic N) is 1. The van der Waals surface area contributed by atoms with Crippen molar-refractivity contribution in [2.45, 2.75) is 51.7 Å². The fourth-order valence-corrected chi connectivity index (χ4v) is 2.74. The van der Waals surface area contributed by atoms with E-state index in [0.29, 0.717) is 12.1 Å². The molecular formula is C11H24N2O. The third kappa shape index (κ3) is 2.47. The van der Waals surface area contributed by atoms with Crippen molar-refractivity contribution in [3.05, 3.63) is 0 Å². The van der Waals surface area contributed by atoms with E-state index < -0.39 is 0 Å². The highest BCUT2D eigenvalue weighted by Gasteiger charge is 2.37. The molecule has 0 aromatic rings. The van der Waals surface area contributed by atoms with Gasteiger partial charge in [-0.1, -0.05) is 0 Å². The van der Waals surface area contributed by atoms with E-state index in [1.54, 1.807) is 0 Å². The Bertz CT molecular complexity index is 178. The minimum absolute atomic E-state index is 0.201. The third-order valence-electron chi connectivity index (χ3n) is 3.05. The van der Waals surface area contributed by atoms with E-state index in [0.717, 1.165) is 19.5 Å². The summed E-state index contributed by atoms with van der Waals surface area (Å²) in [5.74, 6) is 0. The second kappa shape index (κ2) is 4.60. The van der Waals surface area contributed by atoms with Gasteiger partial charge >= 0.3 is 0 Å². The normalized spacial score (nSPS) is 28.3. The largest absolute Gasteiger partial charge is 0.396 e. The van der Waals surface area contributed by atoms with E-state index in [-0.39, 0.29) is 12.1 Å².